The van der Waals surface area contributed by atoms with Crippen molar-refractivity contribution in [2.75, 3.05) is 11.9 Å². The number of nitrogens with zero attached hydrogens (tertiary/aromatic N) is 1. The number of aromatic carboxylic acids is 1. The number of carboxylic acid groups (broad SMARTS) is 1. The highest BCUT2D eigenvalue weighted by Crippen LogP contribution is 2.32. The lowest BCUT2D eigenvalue weighted by Gasteiger charge is -2.27. The van der Waals surface area contributed by atoms with Crippen LogP contribution in [0.1, 0.15) is 28.2 Å². The Labute approximate surface area is 119 Å². The van der Waals surface area contributed by atoms with Crippen LogP contribution in [0.3, 0.4) is 0 Å². The molecule has 1 N–H and O–H groups in total. The molecule has 1 atom stereocenters. The lowest BCUT2D eigenvalue weighted by Crippen LogP contribution is -2.23. The monoisotopic (exact) mass is 297 g/mol. The lowest BCUT2D eigenvalue weighted by atomic mass is 10.1. The van der Waals surface area contributed by atoms with Gasteiger partial charge in [-0.05, 0) is 30.5 Å². The van der Waals surface area contributed by atoms with Crippen molar-refractivity contribution in [2.24, 2.45) is 0 Å². The maximum atomic E-state index is 14.0. The molecular formula is C14H13F2NO2S. The molecular weight excluding hydrogens is 284 g/mol. The van der Waals surface area contributed by atoms with Crippen LogP contribution in [-0.2, 0) is 0 Å². The highest BCUT2D eigenvalue weighted by Gasteiger charge is 2.22. The van der Waals surface area contributed by atoms with Crippen molar-refractivity contribution in [3.8, 4) is 0 Å². The predicted octanol–water partition coefficient (Wildman–Crippen LogP) is 3.92. The van der Waals surface area contributed by atoms with Gasteiger partial charge in [0, 0.05) is 11.9 Å². The second kappa shape index (κ2) is 5.58. The number of carboxylic acids is 1. The summed E-state index contributed by atoms with van der Waals surface area (Å²) in [5.74, 6) is -3.12. The molecule has 0 saturated heterocycles. The Bertz CT molecular complexity index is 605. The van der Waals surface area contributed by atoms with Crippen LogP contribution in [0.4, 0.5) is 14.5 Å². The van der Waals surface area contributed by atoms with Gasteiger partial charge in [-0.25, -0.2) is 13.6 Å². The molecule has 6 heteroatoms. The summed E-state index contributed by atoms with van der Waals surface area (Å²) in [6, 6.07) is 5.20. The van der Waals surface area contributed by atoms with Crippen LogP contribution in [0.2, 0.25) is 0 Å². The van der Waals surface area contributed by atoms with E-state index in [0.29, 0.717) is 0 Å². The number of thiophene rings is 1. The minimum absolute atomic E-state index is 0.213. The number of benzene rings is 1. The molecule has 106 valence electrons. The number of rotatable bonds is 4. The minimum atomic E-state index is -1.36. The lowest BCUT2D eigenvalue weighted by molar-refractivity contribution is 0.0696. The molecule has 0 aliphatic rings. The molecule has 0 fully saturated rings. The van der Waals surface area contributed by atoms with Crippen LogP contribution in [-0.4, -0.2) is 18.1 Å². The van der Waals surface area contributed by atoms with Gasteiger partial charge >= 0.3 is 5.97 Å². The van der Waals surface area contributed by atoms with Crippen molar-refractivity contribution >= 4 is 23.0 Å². The normalized spacial score (nSPS) is 12.2. The third-order valence-corrected chi connectivity index (χ3v) is 4.20. The van der Waals surface area contributed by atoms with E-state index in [2.05, 4.69) is 0 Å². The molecule has 0 aliphatic carbocycles. The first-order valence-electron chi connectivity index (χ1n) is 5.90. The van der Waals surface area contributed by atoms with Crippen LogP contribution >= 0.6 is 11.3 Å². The molecule has 0 aliphatic heterocycles. The zero-order valence-corrected chi connectivity index (χ0v) is 11.7. The third kappa shape index (κ3) is 2.65. The summed E-state index contributed by atoms with van der Waals surface area (Å²) in [5, 5.41) is 10.7. The minimum Gasteiger partial charge on any atom is -0.478 e. The standard InChI is InChI=1S/C14H13F2NO2S/c1-8(12-4-3-5-20-12)17(2)13-10(15)6-9(14(18)19)7-11(13)16/h3-8H,1-2H3,(H,18,19). The molecule has 1 unspecified atom stereocenters. The van der Waals surface area contributed by atoms with Gasteiger partial charge in [0.1, 0.15) is 17.3 Å². The van der Waals surface area contributed by atoms with Crippen molar-refractivity contribution in [1.29, 1.82) is 0 Å². The first-order chi connectivity index (χ1) is 9.41. The largest absolute Gasteiger partial charge is 0.478 e. The van der Waals surface area contributed by atoms with Crippen molar-refractivity contribution in [2.45, 2.75) is 13.0 Å². The Morgan fingerprint density at radius 1 is 1.35 bits per heavy atom. The summed E-state index contributed by atoms with van der Waals surface area (Å²) in [7, 11) is 1.58. The number of anilines is 1. The topological polar surface area (TPSA) is 40.5 Å². The zero-order valence-electron chi connectivity index (χ0n) is 10.9. The van der Waals surface area contributed by atoms with Crippen molar-refractivity contribution in [3.63, 3.8) is 0 Å². The van der Waals surface area contributed by atoms with Gasteiger partial charge in [-0.15, -0.1) is 11.3 Å². The Morgan fingerprint density at radius 3 is 2.40 bits per heavy atom. The summed E-state index contributed by atoms with van der Waals surface area (Å²) in [4.78, 5) is 13.2. The summed E-state index contributed by atoms with van der Waals surface area (Å²) < 4.78 is 28.0. The molecule has 2 aromatic rings. The molecule has 3 nitrogen and oxygen atoms in total. The van der Waals surface area contributed by atoms with E-state index < -0.39 is 23.2 Å². The van der Waals surface area contributed by atoms with Crippen LogP contribution < -0.4 is 4.90 Å². The SMILES string of the molecule is CC(c1cccs1)N(C)c1c(F)cc(C(=O)O)cc1F. The third-order valence-electron chi connectivity index (χ3n) is 3.15. The predicted molar refractivity (Wildman–Crippen MR) is 74.5 cm³/mol. The van der Waals surface area contributed by atoms with Gasteiger partial charge in [0.2, 0.25) is 0 Å². The Morgan fingerprint density at radius 2 is 1.95 bits per heavy atom. The van der Waals surface area contributed by atoms with Gasteiger partial charge in [-0.2, -0.15) is 0 Å². The van der Waals surface area contributed by atoms with E-state index in [-0.39, 0.29) is 11.7 Å². The van der Waals surface area contributed by atoms with Crippen LogP contribution in [0, 0.1) is 11.6 Å². The molecule has 0 saturated carbocycles. The van der Waals surface area contributed by atoms with Crippen molar-refractivity contribution < 1.29 is 18.7 Å². The molecule has 0 bridgehead atoms. The van der Waals surface area contributed by atoms with Gasteiger partial charge in [-0.1, -0.05) is 6.07 Å². The van der Waals surface area contributed by atoms with Gasteiger partial charge in [0.15, 0.2) is 0 Å². The van der Waals surface area contributed by atoms with E-state index in [1.165, 1.54) is 16.2 Å². The highest BCUT2D eigenvalue weighted by molar-refractivity contribution is 7.10. The zero-order chi connectivity index (χ0) is 14.9. The summed E-state index contributed by atoms with van der Waals surface area (Å²) in [6.07, 6.45) is 0. The first-order valence-corrected chi connectivity index (χ1v) is 6.78. The van der Waals surface area contributed by atoms with E-state index in [9.17, 15) is 13.6 Å². The van der Waals surface area contributed by atoms with Crippen LogP contribution in [0.25, 0.3) is 0 Å². The maximum Gasteiger partial charge on any atom is 0.335 e. The Balaban J connectivity index is 2.40. The fourth-order valence-electron chi connectivity index (χ4n) is 1.94. The molecule has 1 aromatic carbocycles. The fourth-order valence-corrected chi connectivity index (χ4v) is 2.77. The number of hydrogen-bond donors (Lipinski definition) is 1. The summed E-state index contributed by atoms with van der Waals surface area (Å²) in [6.45, 7) is 1.83. The molecule has 20 heavy (non-hydrogen) atoms. The smallest absolute Gasteiger partial charge is 0.335 e. The van der Waals surface area contributed by atoms with Gasteiger partial charge in [0.25, 0.3) is 0 Å². The molecule has 2 rings (SSSR count). The molecule has 1 aromatic heterocycles. The Hall–Kier alpha value is -1.95. The number of hydrogen-bond acceptors (Lipinski definition) is 3. The van der Waals surface area contributed by atoms with Crippen molar-refractivity contribution in [3.05, 3.63) is 51.7 Å². The summed E-state index contributed by atoms with van der Waals surface area (Å²) >= 11 is 1.49. The maximum absolute atomic E-state index is 14.0. The Kier molecular flexibility index (Phi) is 4.04. The highest BCUT2D eigenvalue weighted by atomic mass is 32.1. The molecule has 1 heterocycles. The second-order valence-electron chi connectivity index (χ2n) is 4.40. The van der Waals surface area contributed by atoms with E-state index in [0.717, 1.165) is 17.0 Å². The van der Waals surface area contributed by atoms with E-state index >= 15 is 0 Å². The van der Waals surface area contributed by atoms with Gasteiger partial charge in [0.05, 0.1) is 11.6 Å². The molecule has 0 amide bonds. The van der Waals surface area contributed by atoms with Gasteiger partial charge < -0.3 is 10.0 Å². The van der Waals surface area contributed by atoms with Crippen LogP contribution in [0.5, 0.6) is 0 Å². The number of halogens is 2. The molecule has 0 spiro atoms. The number of carbonyl (C=O) groups is 1. The average Bonchev–Trinajstić information content (AvgIpc) is 2.90. The van der Waals surface area contributed by atoms with Gasteiger partial charge in [-0.3, -0.25) is 0 Å². The molecule has 0 radical (unpaired) electrons. The van der Waals surface area contributed by atoms with E-state index in [1.54, 1.807) is 7.05 Å². The second-order valence-corrected chi connectivity index (χ2v) is 5.38. The van der Waals surface area contributed by atoms with E-state index in [1.807, 2.05) is 24.4 Å². The summed E-state index contributed by atoms with van der Waals surface area (Å²) in [5.41, 5.74) is -0.628. The average molecular weight is 297 g/mol. The first kappa shape index (κ1) is 14.5. The van der Waals surface area contributed by atoms with Crippen molar-refractivity contribution in [1.82, 2.24) is 0 Å². The van der Waals surface area contributed by atoms with E-state index in [4.69, 9.17) is 5.11 Å². The quantitative estimate of drug-likeness (QED) is 0.929. The van der Waals surface area contributed by atoms with Crippen LogP contribution in [0.15, 0.2) is 29.6 Å². The fraction of sp³-hybridized carbons (Fsp3) is 0.214.